The molecule has 3 heterocycles. The van der Waals surface area contributed by atoms with Crippen LogP contribution >= 0.6 is 0 Å². The Balaban J connectivity index is 0.000000116. The van der Waals surface area contributed by atoms with Gasteiger partial charge in [0.2, 0.25) is 17.8 Å². The predicted molar refractivity (Wildman–Crippen MR) is 150 cm³/mol. The number of nitrogens with two attached hydrogens (primary N) is 1. The number of rotatable bonds is 4. The third-order valence-electron chi connectivity index (χ3n) is 7.03. The number of nitro groups is 2. The lowest BCUT2D eigenvalue weighted by molar-refractivity contribution is -0.384. The number of fused-ring (bicyclic) bond motifs is 3. The van der Waals surface area contributed by atoms with Crippen molar-refractivity contribution in [2.75, 3.05) is 5.73 Å². The van der Waals surface area contributed by atoms with Gasteiger partial charge in [-0.15, -0.1) is 10.2 Å². The number of halogens is 3. The number of hydrogen-bond donors (Lipinski definition) is 2. The molecule has 2 fully saturated rings. The molecule has 0 bridgehead atoms. The quantitative estimate of drug-likeness (QED) is 0.139. The number of aromatic nitrogens is 6. The molecule has 3 N–H and O–H groups in total. The molecule has 0 atom stereocenters. The zero-order chi connectivity index (χ0) is 30.4. The average Bonchev–Trinajstić information content (AvgIpc) is 3.92. The van der Waals surface area contributed by atoms with Crippen molar-refractivity contribution in [3.63, 3.8) is 0 Å². The number of nitrogens with one attached hydrogen (secondary N) is 1. The molecule has 3 aromatic heterocycles. The zero-order valence-electron chi connectivity index (χ0n) is 22.2. The summed E-state index contributed by atoms with van der Waals surface area (Å²) in [6.45, 7) is 0. The maximum atomic E-state index is 13.4. The van der Waals surface area contributed by atoms with Gasteiger partial charge in [0.05, 0.1) is 49.1 Å². The van der Waals surface area contributed by atoms with Crippen LogP contribution in [0.5, 0.6) is 0 Å². The molecule has 2 aliphatic rings. The summed E-state index contributed by atoms with van der Waals surface area (Å²) in [5.41, 5.74) is 7.75. The van der Waals surface area contributed by atoms with Crippen molar-refractivity contribution in [1.82, 2.24) is 29.8 Å². The second kappa shape index (κ2) is 10.7. The third kappa shape index (κ3) is 5.53. The van der Waals surface area contributed by atoms with Gasteiger partial charge in [0.15, 0.2) is 0 Å². The molecule has 3 aromatic carbocycles. The summed E-state index contributed by atoms with van der Waals surface area (Å²) in [7, 11) is 0. The number of H-pyrrole nitrogens is 1. The summed E-state index contributed by atoms with van der Waals surface area (Å²) < 4.78 is 42.9. The number of hydrogen-bond acceptors (Lipinski definition) is 8. The van der Waals surface area contributed by atoms with E-state index < -0.39 is 27.7 Å². The summed E-state index contributed by atoms with van der Waals surface area (Å²) in [6, 6.07) is 13.6. The van der Waals surface area contributed by atoms with Gasteiger partial charge < -0.3 is 5.73 Å². The molecular weight excluding hydrogens is 571 g/mol. The van der Waals surface area contributed by atoms with E-state index in [1.807, 2.05) is 0 Å². The normalized spacial score (nSPS) is 14.3. The van der Waals surface area contributed by atoms with Crippen LogP contribution in [0.25, 0.3) is 32.7 Å². The summed E-state index contributed by atoms with van der Waals surface area (Å²) in [5, 5.41) is 35.4. The molecule has 0 unspecified atom stereocenters. The zero-order valence-corrected chi connectivity index (χ0v) is 22.2. The Bertz CT molecular complexity index is 2030. The first-order valence-corrected chi connectivity index (χ1v) is 13.1. The van der Waals surface area contributed by atoms with Gasteiger partial charge in [0.1, 0.15) is 5.52 Å². The first-order chi connectivity index (χ1) is 20.6. The van der Waals surface area contributed by atoms with Crippen LogP contribution in [0.15, 0.2) is 54.6 Å². The molecule has 2 saturated carbocycles. The van der Waals surface area contributed by atoms with Crippen LogP contribution in [-0.4, -0.2) is 39.6 Å². The number of anilines is 1. The molecule has 2 aliphatic carbocycles. The Morgan fingerprint density at radius 3 is 1.77 bits per heavy atom. The van der Waals surface area contributed by atoms with Crippen LogP contribution in [0.3, 0.4) is 0 Å². The number of non-ortho nitro benzene ring substituents is 2. The number of nitrogens with zero attached hydrogens (tertiary/aromatic N) is 7. The van der Waals surface area contributed by atoms with Crippen LogP contribution in [0, 0.1) is 38.1 Å². The minimum absolute atomic E-state index is 0.0331. The van der Waals surface area contributed by atoms with Crippen LogP contribution in [0.4, 0.5) is 30.2 Å². The smallest absolute Gasteiger partial charge is 0.271 e. The van der Waals surface area contributed by atoms with Gasteiger partial charge in [-0.2, -0.15) is 18.3 Å². The van der Waals surface area contributed by atoms with Crippen molar-refractivity contribution in [3.8, 4) is 0 Å². The highest BCUT2D eigenvalue weighted by atomic mass is 19.1. The predicted octanol–water partition coefficient (Wildman–Crippen LogP) is 6.12. The maximum absolute atomic E-state index is 13.4. The number of nitrogen functional groups attached to an aromatic ring is 1. The van der Waals surface area contributed by atoms with Crippen molar-refractivity contribution >= 4 is 49.8 Å². The summed E-state index contributed by atoms with van der Waals surface area (Å²) in [6.07, 6.45) is 4.09. The Morgan fingerprint density at radius 1 is 0.744 bits per heavy atom. The molecule has 13 nitrogen and oxygen atoms in total. The van der Waals surface area contributed by atoms with Crippen LogP contribution < -0.4 is 5.73 Å². The topological polar surface area (TPSA) is 177 Å². The van der Waals surface area contributed by atoms with Crippen LogP contribution in [0.1, 0.15) is 37.8 Å². The lowest BCUT2D eigenvalue weighted by atomic mass is 10.2. The molecule has 43 heavy (non-hydrogen) atoms. The van der Waals surface area contributed by atoms with Gasteiger partial charge in [-0.25, -0.2) is 0 Å². The molecular formula is C27H22F3N9O4. The molecule has 16 heteroatoms. The molecule has 0 radical (unpaired) electrons. The van der Waals surface area contributed by atoms with E-state index in [1.54, 1.807) is 27.6 Å². The van der Waals surface area contributed by atoms with E-state index in [0.29, 0.717) is 28.0 Å². The molecule has 0 saturated heterocycles. The number of nitro benzene ring substituents is 2. The molecule has 0 spiro atoms. The molecule has 0 aliphatic heterocycles. The summed E-state index contributed by atoms with van der Waals surface area (Å²) in [5.74, 6) is -1.53. The largest absolute Gasteiger partial charge is 0.399 e. The SMILES string of the molecule is Nc1ccc2c(F)nn(C3CC3)c2c1.O=[N+]([O-])c1ccc2c(F)[nH]nc2c1.O=[N+]([O-])c1ccc2c(F)nn(C3CC3)c2c1. The Morgan fingerprint density at radius 2 is 1.23 bits per heavy atom. The first kappa shape index (κ1) is 27.6. The van der Waals surface area contributed by atoms with E-state index >= 15 is 0 Å². The van der Waals surface area contributed by atoms with Gasteiger partial charge in [-0.1, -0.05) is 0 Å². The van der Waals surface area contributed by atoms with E-state index in [2.05, 4.69) is 20.4 Å². The molecule has 220 valence electrons. The Kier molecular flexibility index (Phi) is 6.87. The highest BCUT2D eigenvalue weighted by Crippen LogP contribution is 2.38. The third-order valence-corrected chi connectivity index (χ3v) is 7.03. The number of benzene rings is 3. The maximum Gasteiger partial charge on any atom is 0.271 e. The van der Waals surface area contributed by atoms with Crippen molar-refractivity contribution in [2.24, 2.45) is 0 Å². The van der Waals surface area contributed by atoms with Gasteiger partial charge in [0, 0.05) is 30.0 Å². The van der Waals surface area contributed by atoms with Gasteiger partial charge in [-0.05, 0) is 56.0 Å². The molecule has 8 rings (SSSR count). The van der Waals surface area contributed by atoms with Gasteiger partial charge >= 0.3 is 0 Å². The fraction of sp³-hybridized carbons (Fsp3) is 0.222. The van der Waals surface area contributed by atoms with Crippen LogP contribution in [0.2, 0.25) is 0 Å². The standard InChI is InChI=1S/C10H8FN3O2.C10H10FN3.C7H4FN3O2/c11-10-8-4-3-7(14(15)16)5-9(8)13(12-10)6-1-2-6;11-10-8-4-1-6(12)5-9(8)14(13-10)7-2-3-7;8-7-5-2-1-4(11(12)13)3-6(5)9-10-7/h3-6H,1-2H2;1,4-5,7H,2-3,12H2;1-3H,(H,9,10). The second-order valence-corrected chi connectivity index (χ2v) is 10.2. The monoisotopic (exact) mass is 593 g/mol. The summed E-state index contributed by atoms with van der Waals surface area (Å²) in [4.78, 5) is 19.9. The highest BCUT2D eigenvalue weighted by Gasteiger charge is 2.29. The van der Waals surface area contributed by atoms with Crippen molar-refractivity contribution in [3.05, 3.63) is 92.7 Å². The van der Waals surface area contributed by atoms with Crippen molar-refractivity contribution < 1.29 is 23.0 Å². The summed E-state index contributed by atoms with van der Waals surface area (Å²) >= 11 is 0. The molecule has 0 amide bonds. The fourth-order valence-electron chi connectivity index (χ4n) is 4.59. The van der Waals surface area contributed by atoms with Crippen molar-refractivity contribution in [1.29, 1.82) is 0 Å². The Hall–Kier alpha value is -5.54. The lowest BCUT2D eigenvalue weighted by Gasteiger charge is -1.99. The van der Waals surface area contributed by atoms with Crippen LogP contribution in [-0.2, 0) is 0 Å². The van der Waals surface area contributed by atoms with Crippen molar-refractivity contribution in [2.45, 2.75) is 37.8 Å². The Labute approximate surface area is 239 Å². The van der Waals surface area contributed by atoms with E-state index in [4.69, 9.17) is 5.73 Å². The van der Waals surface area contributed by atoms with E-state index in [9.17, 15) is 33.4 Å². The molecule has 6 aromatic rings. The highest BCUT2D eigenvalue weighted by molar-refractivity contribution is 5.83. The number of aromatic amines is 1. The minimum atomic E-state index is -0.579. The average molecular weight is 594 g/mol. The second-order valence-electron chi connectivity index (χ2n) is 10.2. The van der Waals surface area contributed by atoms with E-state index in [0.717, 1.165) is 31.2 Å². The van der Waals surface area contributed by atoms with E-state index in [1.165, 1.54) is 36.4 Å². The van der Waals surface area contributed by atoms with Gasteiger partial charge in [-0.3, -0.25) is 34.7 Å². The fourth-order valence-corrected chi connectivity index (χ4v) is 4.59. The minimum Gasteiger partial charge on any atom is -0.399 e. The first-order valence-electron chi connectivity index (χ1n) is 13.1. The lowest BCUT2D eigenvalue weighted by Crippen LogP contribution is -1.96. The van der Waals surface area contributed by atoms with E-state index in [-0.39, 0.29) is 28.3 Å². The van der Waals surface area contributed by atoms with Gasteiger partial charge in [0.25, 0.3) is 11.4 Å².